The first-order valence-electron chi connectivity index (χ1n) is 7.16. The fraction of sp³-hybridized carbons (Fsp3) is 0.533. The minimum atomic E-state index is -0.944. The highest BCUT2D eigenvalue weighted by molar-refractivity contribution is 7.84. The predicted molar refractivity (Wildman–Crippen MR) is 84.7 cm³/mol. The van der Waals surface area contributed by atoms with Gasteiger partial charge >= 0.3 is 0 Å². The van der Waals surface area contributed by atoms with Gasteiger partial charge in [-0.05, 0) is 37.1 Å². The molecule has 0 aliphatic carbocycles. The number of rotatable bonds is 7. The lowest BCUT2D eigenvalue weighted by Gasteiger charge is -2.12. The second-order valence-corrected chi connectivity index (χ2v) is 6.70. The van der Waals surface area contributed by atoms with Gasteiger partial charge in [0.15, 0.2) is 0 Å². The van der Waals surface area contributed by atoms with E-state index in [2.05, 4.69) is 10.6 Å². The smallest absolute Gasteiger partial charge is 0.241 e. The molecule has 21 heavy (non-hydrogen) atoms. The van der Waals surface area contributed by atoms with Crippen LogP contribution in [-0.2, 0) is 26.1 Å². The molecule has 1 amide bonds. The van der Waals surface area contributed by atoms with Gasteiger partial charge in [-0.15, -0.1) is 0 Å². The Morgan fingerprint density at radius 1 is 1.52 bits per heavy atom. The third kappa shape index (κ3) is 5.22. The lowest BCUT2D eigenvalue weighted by Crippen LogP contribution is -2.35. The molecule has 2 rings (SSSR count). The van der Waals surface area contributed by atoms with E-state index < -0.39 is 10.8 Å². The van der Waals surface area contributed by atoms with Crippen LogP contribution in [0.4, 0.5) is 5.69 Å². The molecule has 1 aliphatic rings. The van der Waals surface area contributed by atoms with E-state index in [0.29, 0.717) is 18.1 Å². The number of amides is 1. The van der Waals surface area contributed by atoms with Gasteiger partial charge in [-0.1, -0.05) is 12.1 Å². The van der Waals surface area contributed by atoms with Crippen molar-refractivity contribution in [1.29, 1.82) is 0 Å². The number of anilines is 1. The van der Waals surface area contributed by atoms with Gasteiger partial charge in [0.2, 0.25) is 5.91 Å². The molecule has 0 saturated carbocycles. The lowest BCUT2D eigenvalue weighted by molar-refractivity contribution is -0.117. The molecule has 2 unspecified atom stereocenters. The third-order valence-corrected chi connectivity index (χ3v) is 4.69. The molecule has 1 fully saturated rings. The minimum Gasteiger partial charge on any atom is -0.384 e. The van der Waals surface area contributed by atoms with E-state index >= 15 is 0 Å². The van der Waals surface area contributed by atoms with Crippen molar-refractivity contribution < 1.29 is 13.7 Å². The summed E-state index contributed by atoms with van der Waals surface area (Å²) in [6.07, 6.45) is 1.92. The number of ether oxygens (including phenoxy) is 1. The van der Waals surface area contributed by atoms with Crippen LogP contribution in [0.5, 0.6) is 0 Å². The van der Waals surface area contributed by atoms with E-state index in [0.717, 1.165) is 30.6 Å². The van der Waals surface area contributed by atoms with Crippen molar-refractivity contribution in [3.05, 3.63) is 29.8 Å². The third-order valence-electron chi connectivity index (χ3n) is 3.41. The van der Waals surface area contributed by atoms with Crippen LogP contribution in [0.1, 0.15) is 18.4 Å². The molecule has 1 aromatic carbocycles. The Labute approximate surface area is 127 Å². The Morgan fingerprint density at radius 2 is 2.38 bits per heavy atom. The van der Waals surface area contributed by atoms with Crippen LogP contribution in [-0.4, -0.2) is 42.2 Å². The predicted octanol–water partition coefficient (Wildman–Crippen LogP) is 1.27. The van der Waals surface area contributed by atoms with E-state index in [1.807, 2.05) is 24.3 Å². The zero-order chi connectivity index (χ0) is 15.1. The van der Waals surface area contributed by atoms with Gasteiger partial charge in [0.1, 0.15) is 0 Å². The highest BCUT2D eigenvalue weighted by atomic mass is 32.2. The maximum atomic E-state index is 12.0. The average molecular weight is 310 g/mol. The summed E-state index contributed by atoms with van der Waals surface area (Å²) in [6, 6.07) is 7.45. The zero-order valence-corrected chi connectivity index (χ0v) is 13.1. The van der Waals surface area contributed by atoms with Crippen LogP contribution < -0.4 is 10.6 Å². The zero-order valence-electron chi connectivity index (χ0n) is 12.3. The van der Waals surface area contributed by atoms with Gasteiger partial charge in [0, 0.05) is 35.1 Å². The van der Waals surface area contributed by atoms with E-state index in [4.69, 9.17) is 4.74 Å². The Hall–Kier alpha value is -1.24. The fourth-order valence-electron chi connectivity index (χ4n) is 2.31. The van der Waals surface area contributed by atoms with Gasteiger partial charge in [-0.25, -0.2) is 0 Å². The summed E-state index contributed by atoms with van der Waals surface area (Å²) in [7, 11) is 0.658. The van der Waals surface area contributed by atoms with Crippen molar-refractivity contribution >= 4 is 22.4 Å². The molecule has 0 bridgehead atoms. The first-order valence-corrected chi connectivity index (χ1v) is 8.65. The summed E-state index contributed by atoms with van der Waals surface area (Å²) in [5.41, 5.74) is 1.72. The summed E-state index contributed by atoms with van der Waals surface area (Å²) in [6.45, 7) is 1.40. The molecule has 0 spiro atoms. The topological polar surface area (TPSA) is 67.4 Å². The second kappa shape index (κ2) is 8.26. The summed E-state index contributed by atoms with van der Waals surface area (Å²) < 4.78 is 16.8. The maximum Gasteiger partial charge on any atom is 0.241 e. The van der Waals surface area contributed by atoms with Crippen LogP contribution in [0.2, 0.25) is 0 Å². The molecule has 1 heterocycles. The van der Waals surface area contributed by atoms with E-state index in [1.165, 1.54) is 0 Å². The first kappa shape index (κ1) is 16.1. The van der Waals surface area contributed by atoms with Crippen LogP contribution >= 0.6 is 0 Å². The molecule has 2 atom stereocenters. The van der Waals surface area contributed by atoms with E-state index in [9.17, 15) is 9.00 Å². The Morgan fingerprint density at radius 3 is 3.10 bits per heavy atom. The number of methoxy groups -OCH3 is 1. The normalized spacial score (nSPS) is 19.4. The van der Waals surface area contributed by atoms with Gasteiger partial charge < -0.3 is 15.4 Å². The second-order valence-electron chi connectivity index (χ2n) is 5.12. The molecule has 1 aliphatic heterocycles. The number of hydrogen-bond acceptors (Lipinski definition) is 4. The van der Waals surface area contributed by atoms with Crippen molar-refractivity contribution in [2.24, 2.45) is 0 Å². The van der Waals surface area contributed by atoms with Crippen molar-refractivity contribution in [2.45, 2.75) is 24.6 Å². The van der Waals surface area contributed by atoms with Gasteiger partial charge in [-0.2, -0.15) is 0 Å². The number of benzene rings is 1. The molecular weight excluding hydrogens is 288 g/mol. The molecule has 1 aromatic rings. The number of carbonyl (C=O) groups excluding carboxylic acids is 1. The molecule has 6 heteroatoms. The van der Waals surface area contributed by atoms with Crippen LogP contribution in [0.15, 0.2) is 24.3 Å². The number of nitrogens with one attached hydrogen (secondary N) is 2. The highest BCUT2D eigenvalue weighted by Gasteiger charge is 2.21. The number of hydrogen-bond donors (Lipinski definition) is 2. The van der Waals surface area contributed by atoms with Crippen LogP contribution in [0.3, 0.4) is 0 Å². The summed E-state index contributed by atoms with van der Waals surface area (Å²) in [5.74, 6) is 1.01. The maximum absolute atomic E-state index is 12.0. The standard InChI is InChI=1S/C15H22N2O3S/c1-20-8-9-21(19)11-12-4-2-5-13(10-12)17-15(18)14-6-3-7-16-14/h2,4-5,10,14,16H,3,6-9,11H2,1H3,(H,17,18). The van der Waals surface area contributed by atoms with Crippen molar-refractivity contribution in [1.82, 2.24) is 5.32 Å². The SMILES string of the molecule is COCCS(=O)Cc1cccc(NC(=O)C2CCCN2)c1. The van der Waals surface area contributed by atoms with E-state index in [1.54, 1.807) is 7.11 Å². The van der Waals surface area contributed by atoms with Crippen LogP contribution in [0.25, 0.3) is 0 Å². The summed E-state index contributed by atoms with van der Waals surface area (Å²) >= 11 is 0. The molecule has 2 N–H and O–H groups in total. The quantitative estimate of drug-likeness (QED) is 0.796. The number of carbonyl (C=O) groups is 1. The summed E-state index contributed by atoms with van der Waals surface area (Å²) in [5, 5.41) is 6.09. The van der Waals surface area contributed by atoms with Crippen molar-refractivity contribution in [3.8, 4) is 0 Å². The Kier molecular flexibility index (Phi) is 6.35. The monoisotopic (exact) mass is 310 g/mol. The summed E-state index contributed by atoms with van der Waals surface area (Å²) in [4.78, 5) is 12.0. The van der Waals surface area contributed by atoms with Crippen LogP contribution in [0, 0.1) is 0 Å². The fourth-order valence-corrected chi connectivity index (χ4v) is 3.36. The molecule has 116 valence electrons. The van der Waals surface area contributed by atoms with E-state index in [-0.39, 0.29) is 11.9 Å². The first-order chi connectivity index (χ1) is 10.2. The molecule has 0 aromatic heterocycles. The lowest BCUT2D eigenvalue weighted by atomic mass is 10.2. The molecule has 5 nitrogen and oxygen atoms in total. The molecule has 0 radical (unpaired) electrons. The Balaban J connectivity index is 1.90. The molecule has 1 saturated heterocycles. The highest BCUT2D eigenvalue weighted by Crippen LogP contribution is 2.14. The largest absolute Gasteiger partial charge is 0.384 e. The van der Waals surface area contributed by atoms with Gasteiger partial charge in [0.25, 0.3) is 0 Å². The van der Waals surface area contributed by atoms with Crippen molar-refractivity contribution in [3.63, 3.8) is 0 Å². The average Bonchev–Trinajstić information content (AvgIpc) is 3.00. The molecular formula is C15H22N2O3S. The van der Waals surface area contributed by atoms with Gasteiger partial charge in [-0.3, -0.25) is 9.00 Å². The van der Waals surface area contributed by atoms with Gasteiger partial charge in [0.05, 0.1) is 12.6 Å². The van der Waals surface area contributed by atoms with Crippen molar-refractivity contribution in [2.75, 3.05) is 31.3 Å². The minimum absolute atomic E-state index is 0.00477. The Bertz CT molecular complexity index is 501.